The van der Waals surface area contributed by atoms with Gasteiger partial charge in [-0.05, 0) is 32.9 Å². The van der Waals surface area contributed by atoms with E-state index >= 15 is 0 Å². The molecular weight excluding hydrogens is 416 g/mol. The molecule has 29 heavy (non-hydrogen) atoms. The van der Waals surface area contributed by atoms with E-state index in [4.69, 9.17) is 14.4 Å². The lowest BCUT2D eigenvalue weighted by Gasteiger charge is -2.29. The standard InChI is InChI=1S/C19H26N2O6S2/c1-19(2,3)26-18(23)21-12-14(11-16(21)17(22)20-9-10-28-13-20)27-29(24,25)15-7-5-4-6-8-15/h4-8,14,16H,9-13H2,1-3H3/t14-,16+/m0/s1/i9D2,13D2. The zero-order valence-electron chi connectivity index (χ0n) is 20.3. The van der Waals surface area contributed by atoms with E-state index in [1.807, 2.05) is 0 Å². The molecule has 0 aromatic heterocycles. The van der Waals surface area contributed by atoms with Gasteiger partial charge in [-0.3, -0.25) is 13.9 Å². The molecule has 0 aliphatic carbocycles. The minimum atomic E-state index is -4.20. The summed E-state index contributed by atoms with van der Waals surface area (Å²) in [6, 6.07) is 6.04. The Morgan fingerprint density at radius 3 is 2.52 bits per heavy atom. The molecule has 0 spiro atoms. The van der Waals surface area contributed by atoms with Crippen LogP contribution < -0.4 is 0 Å². The van der Waals surface area contributed by atoms with Crippen LogP contribution >= 0.6 is 11.8 Å². The average Bonchev–Trinajstić information content (AvgIpc) is 3.18. The van der Waals surface area contributed by atoms with Crippen molar-refractivity contribution >= 4 is 33.9 Å². The van der Waals surface area contributed by atoms with E-state index in [9.17, 15) is 18.0 Å². The smallest absolute Gasteiger partial charge is 0.411 e. The highest BCUT2D eigenvalue weighted by molar-refractivity contribution is 7.99. The van der Waals surface area contributed by atoms with Gasteiger partial charge < -0.3 is 9.64 Å². The largest absolute Gasteiger partial charge is 0.444 e. The number of carbonyl (C=O) groups excluding carboxylic acids is 2. The van der Waals surface area contributed by atoms with Crippen LogP contribution in [0.2, 0.25) is 0 Å². The molecule has 2 heterocycles. The van der Waals surface area contributed by atoms with Gasteiger partial charge in [0.2, 0.25) is 5.91 Å². The van der Waals surface area contributed by atoms with E-state index < -0.39 is 52.2 Å². The summed E-state index contributed by atoms with van der Waals surface area (Å²) in [6.45, 7) is 2.28. The molecule has 0 bridgehead atoms. The maximum Gasteiger partial charge on any atom is 0.411 e. The van der Waals surface area contributed by atoms with Gasteiger partial charge in [0, 0.05) is 18.7 Å². The Kier molecular flexibility index (Phi) is 4.99. The van der Waals surface area contributed by atoms with Crippen molar-refractivity contribution in [2.75, 3.05) is 24.6 Å². The van der Waals surface area contributed by atoms with E-state index in [-0.39, 0.29) is 23.6 Å². The monoisotopic (exact) mass is 446 g/mol. The predicted octanol–water partition coefficient (Wildman–Crippen LogP) is 2.30. The van der Waals surface area contributed by atoms with Crippen molar-refractivity contribution in [1.29, 1.82) is 0 Å². The van der Waals surface area contributed by atoms with Gasteiger partial charge in [0.15, 0.2) is 0 Å². The number of benzene rings is 1. The quantitative estimate of drug-likeness (QED) is 0.655. The first-order valence-electron chi connectivity index (χ1n) is 11.0. The lowest BCUT2D eigenvalue weighted by Crippen LogP contribution is -2.48. The van der Waals surface area contributed by atoms with Crippen LogP contribution in [0, 0.1) is 0 Å². The fourth-order valence-electron chi connectivity index (χ4n) is 2.94. The number of nitrogens with zero attached hydrogens (tertiary/aromatic N) is 2. The molecule has 2 fully saturated rings. The Morgan fingerprint density at radius 1 is 1.24 bits per heavy atom. The molecule has 2 aliphatic rings. The first kappa shape index (κ1) is 17.0. The number of hydrogen-bond acceptors (Lipinski definition) is 7. The maximum atomic E-state index is 13.3. The lowest BCUT2D eigenvalue weighted by atomic mass is 10.1. The van der Waals surface area contributed by atoms with Crippen LogP contribution in [0.25, 0.3) is 0 Å². The van der Waals surface area contributed by atoms with Crippen LogP contribution in [0.4, 0.5) is 4.79 Å². The van der Waals surface area contributed by atoms with E-state index in [0.717, 1.165) is 4.90 Å². The first-order chi connectivity index (χ1) is 15.0. The summed E-state index contributed by atoms with van der Waals surface area (Å²) < 4.78 is 68.2. The Bertz CT molecular complexity index is 1000. The van der Waals surface area contributed by atoms with Gasteiger partial charge in [0.05, 0.1) is 28.9 Å². The lowest BCUT2D eigenvalue weighted by molar-refractivity contribution is -0.134. The summed E-state index contributed by atoms with van der Waals surface area (Å²) in [5.41, 5.74) is -0.910. The fraction of sp³-hybridized carbons (Fsp3) is 0.579. The Labute approximate surface area is 181 Å². The summed E-state index contributed by atoms with van der Waals surface area (Å²) in [6.07, 6.45) is -2.28. The average molecular weight is 447 g/mol. The summed E-state index contributed by atoms with van der Waals surface area (Å²) >= 11 is 0.631. The Morgan fingerprint density at radius 2 is 1.93 bits per heavy atom. The highest BCUT2D eigenvalue weighted by Crippen LogP contribution is 2.28. The molecule has 2 aliphatic heterocycles. The van der Waals surface area contributed by atoms with Gasteiger partial charge in [-0.2, -0.15) is 8.42 Å². The van der Waals surface area contributed by atoms with Gasteiger partial charge in [-0.1, -0.05) is 18.2 Å². The number of likely N-dealkylation sites (tertiary alicyclic amines) is 1. The number of carbonyl (C=O) groups is 2. The topological polar surface area (TPSA) is 93.2 Å². The van der Waals surface area contributed by atoms with Crippen LogP contribution in [-0.2, 0) is 23.8 Å². The zero-order valence-corrected chi connectivity index (χ0v) is 18.0. The fourth-order valence-corrected chi connectivity index (χ4v) is 4.58. The normalized spacial score (nSPS) is 28.2. The Hall–Kier alpha value is -1.78. The molecular formula is C19H26N2O6S2. The third kappa shape index (κ3) is 5.43. The number of rotatable bonds is 4. The third-order valence-corrected chi connectivity index (χ3v) is 6.10. The number of thioether (sulfide) groups is 1. The molecule has 0 N–H and O–H groups in total. The molecule has 2 amide bonds. The second-order valence-corrected chi connectivity index (χ2v) is 9.91. The predicted molar refractivity (Wildman–Crippen MR) is 109 cm³/mol. The second-order valence-electron chi connectivity index (χ2n) is 7.58. The van der Waals surface area contributed by atoms with Crippen LogP contribution in [0.3, 0.4) is 0 Å². The van der Waals surface area contributed by atoms with Crippen LogP contribution in [0.5, 0.6) is 0 Å². The molecule has 8 nitrogen and oxygen atoms in total. The van der Waals surface area contributed by atoms with E-state index in [1.165, 1.54) is 24.3 Å². The number of amides is 2. The highest BCUT2D eigenvalue weighted by Gasteiger charge is 2.45. The summed E-state index contributed by atoms with van der Waals surface area (Å²) in [7, 11) is -4.20. The van der Waals surface area contributed by atoms with E-state index in [2.05, 4.69) is 0 Å². The maximum absolute atomic E-state index is 13.3. The van der Waals surface area contributed by atoms with Crippen molar-refractivity contribution in [2.45, 2.75) is 49.8 Å². The SMILES string of the molecule is [2H]C1([2H])CSC([2H])([2H])N1C(=O)[C@H]1C[C@H](OS(=O)(=O)c2ccccc2)CN1C(=O)OC(C)(C)C. The minimum Gasteiger partial charge on any atom is -0.444 e. The molecule has 2 atom stereocenters. The molecule has 160 valence electrons. The molecule has 1 aromatic rings. The van der Waals surface area contributed by atoms with Crippen LogP contribution in [-0.4, -0.2) is 72.6 Å². The minimum absolute atomic E-state index is 0.0906. The summed E-state index contributed by atoms with van der Waals surface area (Å²) in [5.74, 6) is -3.60. The summed E-state index contributed by atoms with van der Waals surface area (Å²) in [5, 5.41) is 0. The second kappa shape index (κ2) is 8.53. The molecule has 10 heteroatoms. The number of ether oxygens (including phenoxy) is 1. The molecule has 1 aromatic carbocycles. The molecule has 0 saturated carbocycles. The molecule has 2 saturated heterocycles. The van der Waals surface area contributed by atoms with Crippen molar-refractivity contribution in [3.8, 4) is 0 Å². The van der Waals surface area contributed by atoms with E-state index in [0.29, 0.717) is 16.7 Å². The summed E-state index contributed by atoms with van der Waals surface area (Å²) in [4.78, 5) is 27.5. The van der Waals surface area contributed by atoms with Crippen molar-refractivity contribution in [1.82, 2.24) is 9.80 Å². The van der Waals surface area contributed by atoms with Gasteiger partial charge in [0.1, 0.15) is 11.6 Å². The van der Waals surface area contributed by atoms with E-state index in [1.54, 1.807) is 26.8 Å². The molecule has 0 unspecified atom stereocenters. The Balaban J connectivity index is 1.89. The van der Waals surface area contributed by atoms with Crippen molar-refractivity contribution in [3.63, 3.8) is 0 Å². The van der Waals surface area contributed by atoms with Crippen molar-refractivity contribution < 1.29 is 32.4 Å². The zero-order chi connectivity index (χ0) is 24.8. The van der Waals surface area contributed by atoms with Crippen LogP contribution in [0.1, 0.15) is 32.7 Å². The van der Waals surface area contributed by atoms with Crippen molar-refractivity contribution in [2.24, 2.45) is 0 Å². The number of hydrogen-bond donors (Lipinski definition) is 0. The third-order valence-electron chi connectivity index (χ3n) is 4.14. The molecule has 3 rings (SSSR count). The van der Waals surface area contributed by atoms with Gasteiger partial charge in [0.25, 0.3) is 10.1 Å². The highest BCUT2D eigenvalue weighted by atomic mass is 32.2. The van der Waals surface area contributed by atoms with Crippen molar-refractivity contribution in [3.05, 3.63) is 30.3 Å². The molecule has 0 radical (unpaired) electrons. The van der Waals surface area contributed by atoms with Gasteiger partial charge in [-0.25, -0.2) is 4.79 Å². The van der Waals surface area contributed by atoms with Gasteiger partial charge in [-0.15, -0.1) is 11.8 Å². The van der Waals surface area contributed by atoms with Gasteiger partial charge >= 0.3 is 6.09 Å². The van der Waals surface area contributed by atoms with Crippen LogP contribution in [0.15, 0.2) is 35.2 Å². The first-order valence-corrected chi connectivity index (χ1v) is 11.4.